The maximum Gasteiger partial charge on any atom is 0.348 e. The zero-order valence-corrected chi connectivity index (χ0v) is 18.6. The van der Waals surface area contributed by atoms with Crippen LogP contribution in [0.25, 0.3) is 0 Å². The number of thiophene rings is 1. The molecule has 7 heteroatoms. The topological polar surface area (TPSA) is 78.9 Å². The van der Waals surface area contributed by atoms with Gasteiger partial charge in [0.2, 0.25) is 0 Å². The molecule has 3 rings (SSSR count). The van der Waals surface area contributed by atoms with Gasteiger partial charge in [-0.3, -0.25) is 4.90 Å². The first kappa shape index (κ1) is 22.3. The van der Waals surface area contributed by atoms with Crippen LogP contribution in [0.15, 0.2) is 36.4 Å². The monoisotopic (exact) mass is 430 g/mol. The highest BCUT2D eigenvalue weighted by atomic mass is 32.1. The molecular formula is C23H30N2O4S. The minimum atomic E-state index is -0.476. The molecule has 1 aliphatic rings. The van der Waals surface area contributed by atoms with Crippen LogP contribution in [-0.2, 0) is 4.74 Å². The third kappa shape index (κ3) is 4.84. The van der Waals surface area contributed by atoms with E-state index in [0.29, 0.717) is 11.4 Å². The van der Waals surface area contributed by atoms with Crippen molar-refractivity contribution in [3.05, 3.63) is 51.7 Å². The van der Waals surface area contributed by atoms with E-state index in [1.165, 1.54) is 18.4 Å². The largest absolute Gasteiger partial charge is 0.465 e. The van der Waals surface area contributed by atoms with E-state index in [-0.39, 0.29) is 24.0 Å². The number of carbonyl (C=O) groups is 2. The Kier molecular flexibility index (Phi) is 7.50. The summed E-state index contributed by atoms with van der Waals surface area (Å²) in [6.07, 6.45) is 3.51. The number of unbranched alkanes of at least 4 members (excludes halogenated alkanes) is 2. The van der Waals surface area contributed by atoms with Crippen LogP contribution < -0.4 is 10.2 Å². The third-order valence-electron chi connectivity index (χ3n) is 5.69. The van der Waals surface area contributed by atoms with Crippen molar-refractivity contribution < 1.29 is 19.4 Å². The highest BCUT2D eigenvalue weighted by Crippen LogP contribution is 2.34. The minimum absolute atomic E-state index is 0.0478. The molecular weight excluding hydrogens is 400 g/mol. The van der Waals surface area contributed by atoms with Gasteiger partial charge in [0.1, 0.15) is 4.88 Å². The smallest absolute Gasteiger partial charge is 0.348 e. The normalized spacial score (nSPS) is 18.2. The number of aliphatic hydroxyl groups is 1. The first-order valence-corrected chi connectivity index (χ1v) is 11.3. The van der Waals surface area contributed by atoms with E-state index < -0.39 is 6.10 Å². The van der Waals surface area contributed by atoms with Crippen LogP contribution in [0.4, 0.5) is 10.5 Å². The number of ether oxygens (including phenoxy) is 1. The molecule has 1 saturated heterocycles. The van der Waals surface area contributed by atoms with Crippen LogP contribution in [0, 0.1) is 0 Å². The fourth-order valence-corrected chi connectivity index (χ4v) is 4.87. The lowest BCUT2D eigenvalue weighted by atomic mass is 9.98. The van der Waals surface area contributed by atoms with Crippen molar-refractivity contribution in [1.29, 1.82) is 0 Å². The maximum atomic E-state index is 12.6. The van der Waals surface area contributed by atoms with Gasteiger partial charge in [0.15, 0.2) is 0 Å². The van der Waals surface area contributed by atoms with Crippen molar-refractivity contribution in [3.63, 3.8) is 0 Å². The second-order valence-corrected chi connectivity index (χ2v) is 8.82. The Balaban J connectivity index is 1.74. The molecule has 1 aromatic carbocycles. The number of hydrogen-bond donors (Lipinski definition) is 2. The summed E-state index contributed by atoms with van der Waals surface area (Å²) in [7, 11) is 1.37. The summed E-state index contributed by atoms with van der Waals surface area (Å²) in [4.78, 5) is 27.7. The van der Waals surface area contributed by atoms with Gasteiger partial charge < -0.3 is 15.2 Å². The second-order valence-electron chi connectivity index (χ2n) is 7.71. The van der Waals surface area contributed by atoms with E-state index in [1.54, 1.807) is 11.0 Å². The molecule has 2 heterocycles. The Hall–Kier alpha value is -2.38. The summed E-state index contributed by atoms with van der Waals surface area (Å²) in [5.74, 6) is -0.296. The average molecular weight is 431 g/mol. The number of nitrogens with zero attached hydrogens (tertiary/aromatic N) is 1. The van der Waals surface area contributed by atoms with E-state index in [4.69, 9.17) is 4.74 Å². The second kappa shape index (κ2) is 10.1. The van der Waals surface area contributed by atoms with Gasteiger partial charge in [0.05, 0.1) is 19.3 Å². The van der Waals surface area contributed by atoms with Gasteiger partial charge in [0.25, 0.3) is 0 Å². The Labute approximate surface area is 181 Å². The van der Waals surface area contributed by atoms with Crippen molar-refractivity contribution >= 4 is 29.0 Å². The van der Waals surface area contributed by atoms with E-state index in [1.807, 2.05) is 30.3 Å². The van der Waals surface area contributed by atoms with Crippen LogP contribution in [0.5, 0.6) is 0 Å². The first-order valence-electron chi connectivity index (χ1n) is 10.5. The van der Waals surface area contributed by atoms with Crippen LogP contribution in [0.3, 0.4) is 0 Å². The lowest BCUT2D eigenvalue weighted by Gasteiger charge is -2.28. The molecule has 1 aliphatic heterocycles. The standard InChI is InChI=1S/C23H30N2O4S/c1-4-5-6-7-19(26)16-8-10-17(11-9-16)25-18(14-24-23(25)28)15(2)20-12-13-21(30-20)22(27)29-3/h8-13,15,18-19,26H,4-7,14H2,1-3H3,(H,24,28). The zero-order valence-electron chi connectivity index (χ0n) is 17.8. The van der Waals surface area contributed by atoms with Crippen molar-refractivity contribution in [2.75, 3.05) is 18.6 Å². The number of aliphatic hydroxyl groups excluding tert-OH is 1. The molecule has 6 nitrogen and oxygen atoms in total. The number of urea groups is 1. The Bertz CT molecular complexity index is 864. The van der Waals surface area contributed by atoms with Gasteiger partial charge in [0, 0.05) is 23.0 Å². The molecule has 0 spiro atoms. The molecule has 0 aliphatic carbocycles. The summed E-state index contributed by atoms with van der Waals surface area (Å²) in [6.45, 7) is 4.75. The van der Waals surface area contributed by atoms with Gasteiger partial charge in [-0.05, 0) is 36.2 Å². The summed E-state index contributed by atoms with van der Waals surface area (Å²) in [5.41, 5.74) is 1.68. The summed E-state index contributed by atoms with van der Waals surface area (Å²) >= 11 is 1.40. The number of rotatable bonds is 9. The summed E-state index contributed by atoms with van der Waals surface area (Å²) < 4.78 is 4.80. The molecule has 2 N–H and O–H groups in total. The number of esters is 1. The number of hydrogen-bond acceptors (Lipinski definition) is 5. The quantitative estimate of drug-likeness (QED) is 0.440. The molecule has 162 valence electrons. The van der Waals surface area contributed by atoms with Crippen LogP contribution in [0.2, 0.25) is 0 Å². The molecule has 0 bridgehead atoms. The lowest BCUT2D eigenvalue weighted by Crippen LogP contribution is -2.37. The Morgan fingerprint density at radius 2 is 2.00 bits per heavy atom. The van der Waals surface area contributed by atoms with Gasteiger partial charge >= 0.3 is 12.0 Å². The molecule has 2 amide bonds. The zero-order chi connectivity index (χ0) is 21.7. The van der Waals surface area contributed by atoms with Gasteiger partial charge in [-0.1, -0.05) is 45.2 Å². The Morgan fingerprint density at radius 1 is 1.27 bits per heavy atom. The lowest BCUT2D eigenvalue weighted by molar-refractivity contribution is 0.0606. The molecule has 1 fully saturated rings. The molecule has 2 aromatic rings. The number of nitrogens with one attached hydrogen (secondary N) is 1. The van der Waals surface area contributed by atoms with Crippen LogP contribution in [-0.4, -0.2) is 36.8 Å². The van der Waals surface area contributed by atoms with Crippen LogP contribution in [0.1, 0.15) is 71.7 Å². The Morgan fingerprint density at radius 3 is 2.67 bits per heavy atom. The molecule has 3 atom stereocenters. The van der Waals surface area contributed by atoms with E-state index in [9.17, 15) is 14.7 Å². The van der Waals surface area contributed by atoms with Crippen molar-refractivity contribution in [3.8, 4) is 0 Å². The van der Waals surface area contributed by atoms with Crippen LogP contribution >= 0.6 is 11.3 Å². The van der Waals surface area contributed by atoms with Crippen molar-refractivity contribution in [2.45, 2.75) is 57.6 Å². The molecule has 1 aromatic heterocycles. The number of benzene rings is 1. The van der Waals surface area contributed by atoms with E-state index in [0.717, 1.165) is 41.8 Å². The highest BCUT2D eigenvalue weighted by Gasteiger charge is 2.37. The molecule has 0 saturated carbocycles. The van der Waals surface area contributed by atoms with Crippen molar-refractivity contribution in [1.82, 2.24) is 5.32 Å². The predicted molar refractivity (Wildman–Crippen MR) is 119 cm³/mol. The minimum Gasteiger partial charge on any atom is -0.465 e. The van der Waals surface area contributed by atoms with Gasteiger partial charge in [-0.2, -0.15) is 0 Å². The first-order chi connectivity index (χ1) is 14.5. The number of methoxy groups -OCH3 is 1. The molecule has 0 radical (unpaired) electrons. The number of carbonyl (C=O) groups excluding carboxylic acids is 2. The molecule has 3 unspecified atom stereocenters. The van der Waals surface area contributed by atoms with Gasteiger partial charge in [-0.15, -0.1) is 11.3 Å². The maximum absolute atomic E-state index is 12.6. The van der Waals surface area contributed by atoms with E-state index >= 15 is 0 Å². The average Bonchev–Trinajstić information content (AvgIpc) is 3.40. The molecule has 30 heavy (non-hydrogen) atoms. The fraction of sp³-hybridized carbons (Fsp3) is 0.478. The SMILES string of the molecule is CCCCCC(O)c1ccc(N2C(=O)NCC2C(C)c2ccc(C(=O)OC)s2)cc1. The third-order valence-corrected chi connectivity index (χ3v) is 6.96. The summed E-state index contributed by atoms with van der Waals surface area (Å²) in [6, 6.07) is 11.1. The summed E-state index contributed by atoms with van der Waals surface area (Å²) in [5, 5.41) is 13.3. The predicted octanol–water partition coefficient (Wildman–Crippen LogP) is 4.85. The van der Waals surface area contributed by atoms with E-state index in [2.05, 4.69) is 19.2 Å². The van der Waals surface area contributed by atoms with Crippen molar-refractivity contribution in [2.24, 2.45) is 0 Å². The highest BCUT2D eigenvalue weighted by molar-refractivity contribution is 7.14. The fourth-order valence-electron chi connectivity index (χ4n) is 3.84. The number of anilines is 1. The van der Waals surface area contributed by atoms with Gasteiger partial charge in [-0.25, -0.2) is 9.59 Å². The number of amides is 2.